The van der Waals surface area contributed by atoms with Gasteiger partial charge >= 0.3 is 0 Å². The van der Waals surface area contributed by atoms with Gasteiger partial charge in [0.25, 0.3) is 0 Å². The number of hydrogen-bond donors (Lipinski definition) is 1. The Hall–Kier alpha value is -1.64. The monoisotopic (exact) mass is 241 g/mol. The average molecular weight is 241 g/mol. The maximum Gasteiger partial charge on any atom is 0.156 e. The number of nitrogens with one attached hydrogen (secondary N) is 1. The molecule has 3 nitrogen and oxygen atoms in total. The van der Waals surface area contributed by atoms with E-state index in [4.69, 9.17) is 0 Å². The Kier molecular flexibility index (Phi) is 2.90. The molecular formula is C15H19N3. The van der Waals surface area contributed by atoms with E-state index in [2.05, 4.69) is 46.7 Å². The molecule has 3 rings (SSSR count). The van der Waals surface area contributed by atoms with Crippen LogP contribution in [-0.2, 0) is 0 Å². The van der Waals surface area contributed by atoms with Gasteiger partial charge in [0.15, 0.2) is 5.82 Å². The molecule has 0 aliphatic heterocycles. The highest BCUT2D eigenvalue weighted by Crippen LogP contribution is 2.38. The van der Waals surface area contributed by atoms with Gasteiger partial charge in [0.2, 0.25) is 0 Å². The summed E-state index contributed by atoms with van der Waals surface area (Å²) in [7, 11) is 0. The second-order valence-corrected chi connectivity index (χ2v) is 5.21. The van der Waals surface area contributed by atoms with E-state index in [1.807, 2.05) is 6.92 Å². The average Bonchev–Trinajstić information content (AvgIpc) is 3.12. The molecule has 18 heavy (non-hydrogen) atoms. The van der Waals surface area contributed by atoms with Crippen LogP contribution in [0.3, 0.4) is 0 Å². The van der Waals surface area contributed by atoms with E-state index in [1.165, 1.54) is 30.0 Å². The van der Waals surface area contributed by atoms with Crippen molar-refractivity contribution in [2.75, 3.05) is 5.32 Å². The van der Waals surface area contributed by atoms with Crippen molar-refractivity contribution in [3.05, 3.63) is 30.0 Å². The number of rotatable bonds is 4. The summed E-state index contributed by atoms with van der Waals surface area (Å²) >= 11 is 0. The Labute approximate surface area is 108 Å². The van der Waals surface area contributed by atoms with Crippen molar-refractivity contribution in [3.8, 4) is 0 Å². The van der Waals surface area contributed by atoms with Crippen LogP contribution in [0, 0.1) is 12.8 Å². The zero-order chi connectivity index (χ0) is 12.5. The smallest absolute Gasteiger partial charge is 0.156 e. The molecule has 1 aliphatic carbocycles. The van der Waals surface area contributed by atoms with Crippen LogP contribution >= 0.6 is 0 Å². The molecule has 0 bridgehead atoms. The molecule has 0 radical (unpaired) electrons. The number of nitrogens with zero attached hydrogens (tertiary/aromatic N) is 2. The maximum atomic E-state index is 4.32. The second kappa shape index (κ2) is 4.56. The van der Waals surface area contributed by atoms with Crippen molar-refractivity contribution in [2.24, 2.45) is 5.92 Å². The van der Waals surface area contributed by atoms with Gasteiger partial charge < -0.3 is 5.32 Å². The van der Waals surface area contributed by atoms with Gasteiger partial charge in [-0.25, -0.2) is 0 Å². The summed E-state index contributed by atoms with van der Waals surface area (Å²) in [4.78, 5) is 0. The Balaban J connectivity index is 1.87. The fourth-order valence-electron chi connectivity index (χ4n) is 2.63. The zero-order valence-corrected chi connectivity index (χ0v) is 11.0. The minimum absolute atomic E-state index is 0.602. The first-order valence-corrected chi connectivity index (χ1v) is 6.78. The predicted octanol–water partition coefficient (Wildman–Crippen LogP) is 3.54. The molecule has 3 heteroatoms. The number of anilines is 1. The third-order valence-corrected chi connectivity index (χ3v) is 3.78. The lowest BCUT2D eigenvalue weighted by molar-refractivity contribution is 0.692. The van der Waals surface area contributed by atoms with Crippen LogP contribution < -0.4 is 5.32 Å². The van der Waals surface area contributed by atoms with Gasteiger partial charge in [0.05, 0.1) is 5.69 Å². The molecular weight excluding hydrogens is 222 g/mol. The number of benzene rings is 1. The molecule has 1 saturated carbocycles. The molecule has 1 heterocycles. The molecule has 1 fully saturated rings. The lowest BCUT2D eigenvalue weighted by Crippen LogP contribution is -2.08. The van der Waals surface area contributed by atoms with E-state index < -0.39 is 0 Å². The van der Waals surface area contributed by atoms with Crippen LogP contribution in [0.25, 0.3) is 10.8 Å². The van der Waals surface area contributed by atoms with Gasteiger partial charge in [-0.05, 0) is 25.7 Å². The van der Waals surface area contributed by atoms with Gasteiger partial charge in [-0.2, -0.15) is 5.10 Å². The summed E-state index contributed by atoms with van der Waals surface area (Å²) < 4.78 is 0. The Morgan fingerprint density at radius 3 is 2.78 bits per heavy atom. The highest BCUT2D eigenvalue weighted by atomic mass is 15.2. The van der Waals surface area contributed by atoms with Gasteiger partial charge in [0, 0.05) is 16.8 Å². The Morgan fingerprint density at radius 2 is 2.00 bits per heavy atom. The van der Waals surface area contributed by atoms with Gasteiger partial charge in [0.1, 0.15) is 0 Å². The van der Waals surface area contributed by atoms with Crippen LogP contribution in [0.4, 0.5) is 5.82 Å². The first kappa shape index (κ1) is 11.5. The molecule has 94 valence electrons. The summed E-state index contributed by atoms with van der Waals surface area (Å²) in [5.74, 6) is 1.77. The fraction of sp³-hybridized carbons (Fsp3) is 0.467. The van der Waals surface area contributed by atoms with Crippen molar-refractivity contribution in [1.29, 1.82) is 0 Å². The van der Waals surface area contributed by atoms with Crippen LogP contribution in [0.5, 0.6) is 0 Å². The molecule has 0 saturated heterocycles. The lowest BCUT2D eigenvalue weighted by atomic mass is 10.1. The third kappa shape index (κ3) is 2.05. The molecule has 1 aliphatic rings. The number of aryl methyl sites for hydroxylation is 1. The van der Waals surface area contributed by atoms with Crippen molar-refractivity contribution in [2.45, 2.75) is 39.2 Å². The largest absolute Gasteiger partial charge is 0.365 e. The predicted molar refractivity (Wildman–Crippen MR) is 74.7 cm³/mol. The van der Waals surface area contributed by atoms with Crippen molar-refractivity contribution < 1.29 is 0 Å². The molecule has 1 aromatic heterocycles. The van der Waals surface area contributed by atoms with Crippen LogP contribution in [0.1, 0.15) is 31.9 Å². The Bertz CT molecular complexity index is 565. The van der Waals surface area contributed by atoms with Gasteiger partial charge in [-0.3, -0.25) is 0 Å². The normalized spacial score (nSPS) is 22.1. The van der Waals surface area contributed by atoms with Crippen molar-refractivity contribution in [3.63, 3.8) is 0 Å². The minimum Gasteiger partial charge on any atom is -0.365 e. The third-order valence-electron chi connectivity index (χ3n) is 3.78. The summed E-state index contributed by atoms with van der Waals surface area (Å²) in [5, 5.41) is 14.5. The first-order valence-electron chi connectivity index (χ1n) is 6.78. The number of fused-ring (bicyclic) bond motifs is 1. The number of hydrogen-bond acceptors (Lipinski definition) is 3. The molecule has 2 atom stereocenters. The van der Waals surface area contributed by atoms with Crippen molar-refractivity contribution >= 4 is 16.6 Å². The van der Waals surface area contributed by atoms with E-state index in [0.717, 1.165) is 17.4 Å². The summed E-state index contributed by atoms with van der Waals surface area (Å²) in [6.07, 6.45) is 3.86. The van der Waals surface area contributed by atoms with Crippen molar-refractivity contribution in [1.82, 2.24) is 10.2 Å². The molecule has 0 spiro atoms. The zero-order valence-electron chi connectivity index (χ0n) is 11.0. The van der Waals surface area contributed by atoms with Gasteiger partial charge in [-0.15, -0.1) is 5.10 Å². The second-order valence-electron chi connectivity index (χ2n) is 5.21. The minimum atomic E-state index is 0.602. The summed E-state index contributed by atoms with van der Waals surface area (Å²) in [5.41, 5.74) is 0.997. The molecule has 1 aromatic carbocycles. The van der Waals surface area contributed by atoms with Crippen LogP contribution in [0.2, 0.25) is 0 Å². The highest BCUT2D eigenvalue weighted by Gasteiger charge is 2.36. The number of aromatic nitrogens is 2. The molecule has 1 N–H and O–H groups in total. The summed E-state index contributed by atoms with van der Waals surface area (Å²) in [6.45, 7) is 4.26. The highest BCUT2D eigenvalue weighted by molar-refractivity contribution is 5.93. The first-order chi connectivity index (χ1) is 8.79. The molecule has 0 amide bonds. The SMILES string of the molecule is CCCC1CC1Nc1nnc(C)c2ccccc12. The van der Waals surface area contributed by atoms with E-state index in [-0.39, 0.29) is 0 Å². The molecule has 2 aromatic rings. The van der Waals surface area contributed by atoms with E-state index >= 15 is 0 Å². The van der Waals surface area contributed by atoms with E-state index in [1.54, 1.807) is 0 Å². The Morgan fingerprint density at radius 1 is 1.22 bits per heavy atom. The molecule has 2 unspecified atom stereocenters. The quantitative estimate of drug-likeness (QED) is 0.889. The van der Waals surface area contributed by atoms with Gasteiger partial charge in [-0.1, -0.05) is 37.6 Å². The topological polar surface area (TPSA) is 37.8 Å². The van der Waals surface area contributed by atoms with E-state index in [0.29, 0.717) is 6.04 Å². The fourth-order valence-corrected chi connectivity index (χ4v) is 2.63. The lowest BCUT2D eigenvalue weighted by Gasteiger charge is -2.09. The standard InChI is InChI=1S/C15H19N3/c1-3-6-11-9-14(11)16-15-13-8-5-4-7-12(13)10(2)17-18-15/h4-5,7-8,11,14H,3,6,9H2,1-2H3,(H,16,18). The maximum absolute atomic E-state index is 4.32. The van der Waals surface area contributed by atoms with E-state index in [9.17, 15) is 0 Å². The van der Waals surface area contributed by atoms with Crippen LogP contribution in [-0.4, -0.2) is 16.2 Å². The summed E-state index contributed by atoms with van der Waals surface area (Å²) in [6, 6.07) is 8.95. The van der Waals surface area contributed by atoms with Crippen LogP contribution in [0.15, 0.2) is 24.3 Å².